The van der Waals surface area contributed by atoms with Crippen molar-refractivity contribution >= 4 is 34.8 Å². The van der Waals surface area contributed by atoms with Crippen molar-refractivity contribution in [3.05, 3.63) is 63.4 Å². The van der Waals surface area contributed by atoms with Crippen molar-refractivity contribution in [2.75, 3.05) is 5.32 Å². The van der Waals surface area contributed by atoms with Gasteiger partial charge in [0.1, 0.15) is 5.82 Å². The predicted octanol–water partition coefficient (Wildman–Crippen LogP) is 4.40. The lowest BCUT2D eigenvalue weighted by Crippen LogP contribution is -2.12. The minimum Gasteiger partial charge on any atom is -0.377 e. The Morgan fingerprint density at radius 1 is 1.19 bits per heavy atom. The number of benzene rings is 2. The lowest BCUT2D eigenvalue weighted by atomic mass is 10.1. The number of nitrogens with two attached hydrogens (primary N) is 1. The molecule has 2 aromatic rings. The van der Waals surface area contributed by atoms with Gasteiger partial charge in [0.15, 0.2) is 0 Å². The summed E-state index contributed by atoms with van der Waals surface area (Å²) in [5, 5.41) is 3.63. The van der Waals surface area contributed by atoms with E-state index in [1.54, 1.807) is 24.3 Å². The summed E-state index contributed by atoms with van der Waals surface area (Å²) in [5.74, 6) is -1.03. The third-order valence-corrected chi connectivity index (χ3v) is 3.70. The number of halogens is 3. The summed E-state index contributed by atoms with van der Waals surface area (Å²) in [6.07, 6.45) is 0. The molecule has 0 saturated carbocycles. The zero-order chi connectivity index (χ0) is 15.6. The Morgan fingerprint density at radius 2 is 1.86 bits per heavy atom. The van der Waals surface area contributed by atoms with Crippen molar-refractivity contribution in [1.29, 1.82) is 0 Å². The Bertz CT molecular complexity index is 691. The highest BCUT2D eigenvalue weighted by molar-refractivity contribution is 6.33. The Morgan fingerprint density at radius 3 is 2.48 bits per heavy atom. The topological polar surface area (TPSA) is 55.1 Å². The van der Waals surface area contributed by atoms with Crippen LogP contribution in [0.3, 0.4) is 0 Å². The van der Waals surface area contributed by atoms with E-state index >= 15 is 0 Å². The van der Waals surface area contributed by atoms with Gasteiger partial charge in [-0.1, -0.05) is 29.3 Å². The van der Waals surface area contributed by atoms with E-state index in [9.17, 15) is 9.18 Å². The Labute approximate surface area is 131 Å². The molecule has 0 fully saturated rings. The molecule has 110 valence electrons. The number of anilines is 1. The maximum absolute atomic E-state index is 13.5. The van der Waals surface area contributed by atoms with Crippen molar-refractivity contribution in [3.8, 4) is 0 Å². The fourth-order valence-electron chi connectivity index (χ4n) is 1.89. The van der Waals surface area contributed by atoms with Crippen LogP contribution in [-0.4, -0.2) is 5.91 Å². The molecule has 0 radical (unpaired) electrons. The second-order valence-corrected chi connectivity index (χ2v) is 5.41. The summed E-state index contributed by atoms with van der Waals surface area (Å²) < 4.78 is 13.5. The summed E-state index contributed by atoms with van der Waals surface area (Å²) in [4.78, 5) is 11.2. The van der Waals surface area contributed by atoms with Crippen LogP contribution in [-0.2, 0) is 0 Å². The molecule has 3 N–H and O–H groups in total. The fourth-order valence-corrected chi connectivity index (χ4v) is 2.18. The van der Waals surface area contributed by atoms with Gasteiger partial charge in [-0.05, 0) is 42.8 Å². The van der Waals surface area contributed by atoms with Crippen LogP contribution >= 0.6 is 23.2 Å². The number of rotatable bonds is 4. The SMILES string of the molecule is CC(Nc1cc(C(N)=O)ccc1Cl)c1ccc(Cl)c(F)c1. The molecule has 1 amide bonds. The molecular weight excluding hydrogens is 314 g/mol. The maximum atomic E-state index is 13.5. The van der Waals surface area contributed by atoms with Crippen LogP contribution in [0, 0.1) is 5.82 Å². The van der Waals surface area contributed by atoms with E-state index in [1.165, 1.54) is 12.1 Å². The molecule has 6 heteroatoms. The number of carbonyl (C=O) groups excluding carboxylic acids is 1. The van der Waals surface area contributed by atoms with Gasteiger partial charge in [0.2, 0.25) is 5.91 Å². The highest BCUT2D eigenvalue weighted by Gasteiger charge is 2.12. The van der Waals surface area contributed by atoms with Crippen molar-refractivity contribution in [2.45, 2.75) is 13.0 Å². The first-order valence-corrected chi connectivity index (χ1v) is 6.95. The lowest BCUT2D eigenvalue weighted by Gasteiger charge is -2.17. The normalized spacial score (nSPS) is 12.0. The third kappa shape index (κ3) is 3.65. The van der Waals surface area contributed by atoms with Crippen LogP contribution < -0.4 is 11.1 Å². The summed E-state index contributed by atoms with van der Waals surface area (Å²) >= 11 is 11.7. The van der Waals surface area contributed by atoms with E-state index in [-0.39, 0.29) is 11.1 Å². The quantitative estimate of drug-likeness (QED) is 0.874. The van der Waals surface area contributed by atoms with Gasteiger partial charge in [0.25, 0.3) is 0 Å². The number of hydrogen-bond acceptors (Lipinski definition) is 2. The minimum absolute atomic E-state index is 0.0692. The van der Waals surface area contributed by atoms with Crippen LogP contribution in [0.2, 0.25) is 10.0 Å². The van der Waals surface area contributed by atoms with Gasteiger partial charge >= 0.3 is 0 Å². The van der Waals surface area contributed by atoms with E-state index in [1.807, 2.05) is 6.92 Å². The van der Waals surface area contributed by atoms with Crippen molar-refractivity contribution in [2.24, 2.45) is 5.73 Å². The molecule has 0 aromatic heterocycles. The first-order valence-electron chi connectivity index (χ1n) is 6.19. The molecule has 0 heterocycles. The summed E-state index contributed by atoms with van der Waals surface area (Å²) in [7, 11) is 0. The smallest absolute Gasteiger partial charge is 0.248 e. The van der Waals surface area contributed by atoms with E-state index in [0.29, 0.717) is 21.8 Å². The van der Waals surface area contributed by atoms with Crippen LogP contribution in [0.15, 0.2) is 36.4 Å². The number of amides is 1. The van der Waals surface area contributed by atoms with E-state index in [0.717, 1.165) is 0 Å². The molecular formula is C15H13Cl2FN2O. The monoisotopic (exact) mass is 326 g/mol. The van der Waals surface area contributed by atoms with Gasteiger partial charge < -0.3 is 11.1 Å². The maximum Gasteiger partial charge on any atom is 0.248 e. The number of nitrogens with one attached hydrogen (secondary N) is 1. The molecule has 2 rings (SSSR count). The highest BCUT2D eigenvalue weighted by atomic mass is 35.5. The van der Waals surface area contributed by atoms with Crippen LogP contribution in [0.1, 0.15) is 28.9 Å². The highest BCUT2D eigenvalue weighted by Crippen LogP contribution is 2.28. The third-order valence-electron chi connectivity index (χ3n) is 3.07. The molecule has 0 saturated heterocycles. The van der Waals surface area contributed by atoms with E-state index in [2.05, 4.69) is 5.32 Å². The largest absolute Gasteiger partial charge is 0.377 e. The molecule has 0 spiro atoms. The van der Waals surface area contributed by atoms with Crippen molar-refractivity contribution in [1.82, 2.24) is 0 Å². The Kier molecular flexibility index (Phi) is 4.70. The number of hydrogen-bond donors (Lipinski definition) is 2. The Balaban J connectivity index is 2.26. The number of carbonyl (C=O) groups is 1. The zero-order valence-corrected chi connectivity index (χ0v) is 12.7. The van der Waals surface area contributed by atoms with Gasteiger partial charge in [-0.3, -0.25) is 4.79 Å². The molecule has 2 aromatic carbocycles. The lowest BCUT2D eigenvalue weighted by molar-refractivity contribution is 0.100. The summed E-state index contributed by atoms with van der Waals surface area (Å²) in [6, 6.07) is 9.03. The van der Waals surface area contributed by atoms with E-state index < -0.39 is 11.7 Å². The Hall–Kier alpha value is -1.78. The standard InChI is InChI=1S/C15H13Cl2FN2O/c1-8(9-2-4-11(16)13(18)6-9)20-14-7-10(15(19)21)3-5-12(14)17/h2-8,20H,1H3,(H2,19,21). The fraction of sp³-hybridized carbons (Fsp3) is 0.133. The van der Waals surface area contributed by atoms with Crippen molar-refractivity contribution in [3.63, 3.8) is 0 Å². The van der Waals surface area contributed by atoms with Gasteiger partial charge in [-0.25, -0.2) is 4.39 Å². The molecule has 0 aliphatic rings. The van der Waals surface area contributed by atoms with Gasteiger partial charge in [-0.2, -0.15) is 0 Å². The molecule has 3 nitrogen and oxygen atoms in total. The first-order chi connectivity index (χ1) is 9.88. The second kappa shape index (κ2) is 6.33. The van der Waals surface area contributed by atoms with Crippen LogP contribution in [0.4, 0.5) is 10.1 Å². The second-order valence-electron chi connectivity index (χ2n) is 4.60. The molecule has 0 aliphatic heterocycles. The predicted molar refractivity (Wildman–Crippen MR) is 83.4 cm³/mol. The molecule has 1 atom stereocenters. The number of primary amides is 1. The molecule has 1 unspecified atom stereocenters. The average Bonchev–Trinajstić information content (AvgIpc) is 2.43. The van der Waals surface area contributed by atoms with Crippen molar-refractivity contribution < 1.29 is 9.18 Å². The van der Waals surface area contributed by atoms with Gasteiger partial charge in [-0.15, -0.1) is 0 Å². The zero-order valence-electron chi connectivity index (χ0n) is 11.2. The van der Waals surface area contributed by atoms with Gasteiger partial charge in [0, 0.05) is 11.6 Å². The van der Waals surface area contributed by atoms with Crippen LogP contribution in [0.25, 0.3) is 0 Å². The summed E-state index contributed by atoms with van der Waals surface area (Å²) in [5.41, 5.74) is 6.84. The van der Waals surface area contributed by atoms with Gasteiger partial charge in [0.05, 0.1) is 15.7 Å². The summed E-state index contributed by atoms with van der Waals surface area (Å²) in [6.45, 7) is 1.84. The first kappa shape index (κ1) is 15.6. The molecule has 0 bridgehead atoms. The average molecular weight is 327 g/mol. The molecule has 21 heavy (non-hydrogen) atoms. The van der Waals surface area contributed by atoms with E-state index in [4.69, 9.17) is 28.9 Å². The minimum atomic E-state index is -0.542. The van der Waals surface area contributed by atoms with Crippen LogP contribution in [0.5, 0.6) is 0 Å². The molecule has 0 aliphatic carbocycles.